The topological polar surface area (TPSA) is 52.7 Å². The Labute approximate surface area is 149 Å². The van der Waals surface area contributed by atoms with Gasteiger partial charge in [0.15, 0.2) is 5.65 Å². The van der Waals surface area contributed by atoms with Gasteiger partial charge >= 0.3 is 0 Å². The third kappa shape index (κ3) is 2.69. The van der Waals surface area contributed by atoms with E-state index >= 15 is 0 Å². The molecule has 0 bridgehead atoms. The molecule has 0 saturated carbocycles. The smallest absolute Gasteiger partial charge is 0.264 e. The lowest BCUT2D eigenvalue weighted by atomic mass is 10.1. The van der Waals surface area contributed by atoms with Crippen molar-refractivity contribution in [2.24, 2.45) is 0 Å². The van der Waals surface area contributed by atoms with Crippen molar-refractivity contribution < 1.29 is 4.39 Å². The van der Waals surface area contributed by atoms with Crippen molar-refractivity contribution in [3.8, 4) is 5.69 Å². The van der Waals surface area contributed by atoms with E-state index in [-0.39, 0.29) is 17.9 Å². The summed E-state index contributed by atoms with van der Waals surface area (Å²) in [6.45, 7) is 4.15. The maximum Gasteiger partial charge on any atom is 0.264 e. The number of fused-ring (bicyclic) bond motifs is 1. The van der Waals surface area contributed by atoms with Crippen LogP contribution in [0, 0.1) is 19.7 Å². The second kappa shape index (κ2) is 6.22. The molecule has 0 spiro atoms. The summed E-state index contributed by atoms with van der Waals surface area (Å²) < 4.78 is 16.9. The number of aryl methyl sites for hydroxylation is 2. The van der Waals surface area contributed by atoms with Crippen molar-refractivity contribution in [2.75, 3.05) is 0 Å². The zero-order chi connectivity index (χ0) is 18.3. The van der Waals surface area contributed by atoms with Crippen LogP contribution in [0.1, 0.15) is 16.7 Å². The first kappa shape index (κ1) is 16.2. The van der Waals surface area contributed by atoms with Crippen molar-refractivity contribution in [1.29, 1.82) is 0 Å². The highest BCUT2D eigenvalue weighted by molar-refractivity contribution is 5.75. The van der Waals surface area contributed by atoms with Crippen molar-refractivity contribution in [1.82, 2.24) is 19.3 Å². The zero-order valence-corrected chi connectivity index (χ0v) is 14.5. The van der Waals surface area contributed by atoms with Crippen LogP contribution in [-0.4, -0.2) is 19.3 Å². The molecular formula is C20H17FN4O. The van der Waals surface area contributed by atoms with E-state index in [1.54, 1.807) is 22.9 Å². The summed E-state index contributed by atoms with van der Waals surface area (Å²) in [6.07, 6.45) is 2.96. The summed E-state index contributed by atoms with van der Waals surface area (Å²) >= 11 is 0. The van der Waals surface area contributed by atoms with E-state index in [0.717, 1.165) is 16.8 Å². The molecule has 4 aromatic rings. The summed E-state index contributed by atoms with van der Waals surface area (Å²) in [6, 6.07) is 12.4. The molecule has 6 heteroatoms. The highest BCUT2D eigenvalue weighted by atomic mass is 19.1. The highest BCUT2D eigenvalue weighted by Crippen LogP contribution is 2.19. The molecule has 130 valence electrons. The van der Waals surface area contributed by atoms with Crippen LogP contribution in [0.4, 0.5) is 4.39 Å². The second-order valence-electron chi connectivity index (χ2n) is 6.35. The molecule has 0 aliphatic carbocycles. The van der Waals surface area contributed by atoms with Gasteiger partial charge in [0.25, 0.3) is 5.56 Å². The molecule has 5 nitrogen and oxygen atoms in total. The monoisotopic (exact) mass is 348 g/mol. The quantitative estimate of drug-likeness (QED) is 0.570. The first-order valence-corrected chi connectivity index (χ1v) is 8.29. The Morgan fingerprint density at radius 3 is 2.69 bits per heavy atom. The van der Waals surface area contributed by atoms with Gasteiger partial charge in [-0.25, -0.2) is 14.1 Å². The largest absolute Gasteiger partial charge is 0.294 e. The van der Waals surface area contributed by atoms with Crippen LogP contribution in [-0.2, 0) is 6.54 Å². The third-order valence-corrected chi connectivity index (χ3v) is 4.43. The minimum atomic E-state index is -0.342. The molecule has 2 aromatic heterocycles. The van der Waals surface area contributed by atoms with Crippen LogP contribution in [0.3, 0.4) is 0 Å². The van der Waals surface area contributed by atoms with Crippen molar-refractivity contribution in [3.63, 3.8) is 0 Å². The van der Waals surface area contributed by atoms with E-state index in [2.05, 4.69) is 16.1 Å². The molecule has 0 saturated heterocycles. The van der Waals surface area contributed by atoms with E-state index in [0.29, 0.717) is 16.6 Å². The van der Waals surface area contributed by atoms with Gasteiger partial charge < -0.3 is 0 Å². The van der Waals surface area contributed by atoms with E-state index < -0.39 is 0 Å². The molecule has 4 rings (SSSR count). The Morgan fingerprint density at radius 2 is 1.92 bits per heavy atom. The van der Waals surface area contributed by atoms with Gasteiger partial charge in [0, 0.05) is 5.56 Å². The van der Waals surface area contributed by atoms with Crippen LogP contribution in [0.2, 0.25) is 0 Å². The van der Waals surface area contributed by atoms with Gasteiger partial charge in [0.1, 0.15) is 17.5 Å². The summed E-state index contributed by atoms with van der Waals surface area (Å²) in [5.74, 6) is -0.342. The number of hydrogen-bond donors (Lipinski definition) is 0. The molecule has 0 aliphatic heterocycles. The van der Waals surface area contributed by atoms with E-state index in [1.807, 2.05) is 26.0 Å². The number of benzene rings is 2. The van der Waals surface area contributed by atoms with Crippen LogP contribution < -0.4 is 5.56 Å². The lowest BCUT2D eigenvalue weighted by Gasteiger charge is -2.09. The normalized spacial score (nSPS) is 11.2. The lowest BCUT2D eigenvalue weighted by Crippen LogP contribution is -2.21. The van der Waals surface area contributed by atoms with E-state index in [4.69, 9.17) is 0 Å². The van der Waals surface area contributed by atoms with Crippen LogP contribution in [0.25, 0.3) is 16.7 Å². The molecular weight excluding hydrogens is 331 g/mol. The minimum absolute atomic E-state index is 0.128. The number of aromatic nitrogens is 4. The summed E-state index contributed by atoms with van der Waals surface area (Å²) in [5, 5.41) is 4.76. The summed E-state index contributed by atoms with van der Waals surface area (Å²) in [4.78, 5) is 17.2. The average molecular weight is 348 g/mol. The minimum Gasteiger partial charge on any atom is -0.294 e. The average Bonchev–Trinajstić information content (AvgIpc) is 3.04. The maximum absolute atomic E-state index is 13.9. The molecule has 2 aromatic carbocycles. The van der Waals surface area contributed by atoms with Gasteiger partial charge in [0.05, 0.1) is 18.4 Å². The van der Waals surface area contributed by atoms with Crippen molar-refractivity contribution in [3.05, 3.63) is 87.9 Å². The van der Waals surface area contributed by atoms with E-state index in [1.165, 1.54) is 23.2 Å². The van der Waals surface area contributed by atoms with Gasteiger partial charge in [-0.1, -0.05) is 35.9 Å². The van der Waals surface area contributed by atoms with Gasteiger partial charge in [-0.15, -0.1) is 0 Å². The van der Waals surface area contributed by atoms with E-state index in [9.17, 15) is 9.18 Å². The predicted octanol–water partition coefficient (Wildman–Crippen LogP) is 3.39. The first-order valence-electron chi connectivity index (χ1n) is 8.29. The van der Waals surface area contributed by atoms with Gasteiger partial charge in [-0.2, -0.15) is 5.10 Å². The van der Waals surface area contributed by atoms with Crippen molar-refractivity contribution in [2.45, 2.75) is 20.4 Å². The van der Waals surface area contributed by atoms with Crippen LogP contribution in [0.15, 0.2) is 59.8 Å². The Hall–Kier alpha value is -3.28. The fraction of sp³-hybridized carbons (Fsp3) is 0.150. The molecule has 26 heavy (non-hydrogen) atoms. The summed E-state index contributed by atoms with van der Waals surface area (Å²) in [5.41, 5.74) is 3.78. The SMILES string of the molecule is Cc1ccc(-n2ncc3c(=O)n(Cc4ccccc4F)cnc32)c(C)c1. The number of nitrogens with zero attached hydrogens (tertiary/aromatic N) is 4. The fourth-order valence-corrected chi connectivity index (χ4v) is 3.09. The predicted molar refractivity (Wildman–Crippen MR) is 98.1 cm³/mol. The molecule has 0 radical (unpaired) electrons. The fourth-order valence-electron chi connectivity index (χ4n) is 3.09. The van der Waals surface area contributed by atoms with Crippen LogP contribution >= 0.6 is 0 Å². The molecule has 0 fully saturated rings. The molecule has 0 aliphatic rings. The molecule has 0 atom stereocenters. The molecule has 0 N–H and O–H groups in total. The van der Waals surface area contributed by atoms with Crippen LogP contribution in [0.5, 0.6) is 0 Å². The standard InChI is InChI=1S/C20H17FN4O/c1-13-7-8-18(14(2)9-13)25-19-16(10-23-25)20(26)24(12-22-19)11-15-5-3-4-6-17(15)21/h3-10,12H,11H2,1-2H3. The lowest BCUT2D eigenvalue weighted by molar-refractivity contribution is 0.595. The first-order chi connectivity index (χ1) is 12.5. The summed E-state index contributed by atoms with van der Waals surface area (Å²) in [7, 11) is 0. The van der Waals surface area contributed by atoms with Gasteiger partial charge in [0.2, 0.25) is 0 Å². The van der Waals surface area contributed by atoms with Gasteiger partial charge in [-0.05, 0) is 31.5 Å². The Bertz CT molecular complexity index is 1180. The number of halogens is 1. The number of rotatable bonds is 3. The molecule has 0 unspecified atom stereocenters. The molecule has 0 amide bonds. The Balaban J connectivity index is 1.81. The van der Waals surface area contributed by atoms with Gasteiger partial charge in [-0.3, -0.25) is 9.36 Å². The second-order valence-corrected chi connectivity index (χ2v) is 6.35. The Morgan fingerprint density at radius 1 is 1.12 bits per heavy atom. The number of hydrogen-bond acceptors (Lipinski definition) is 3. The Kier molecular flexibility index (Phi) is 3.88. The van der Waals surface area contributed by atoms with Crippen molar-refractivity contribution >= 4 is 11.0 Å². The highest BCUT2D eigenvalue weighted by Gasteiger charge is 2.13. The maximum atomic E-state index is 13.9. The zero-order valence-electron chi connectivity index (χ0n) is 14.5. The third-order valence-electron chi connectivity index (χ3n) is 4.43. The molecule has 2 heterocycles.